The third-order valence-corrected chi connectivity index (χ3v) is 7.59. The van der Waals surface area contributed by atoms with Crippen LogP contribution in [-0.2, 0) is 14.4 Å². The molecule has 0 saturated carbocycles. The van der Waals surface area contributed by atoms with E-state index in [0.29, 0.717) is 0 Å². The molecule has 11 atom stereocenters. The van der Waals surface area contributed by atoms with Crippen molar-refractivity contribution in [1.29, 1.82) is 0 Å². The number of aliphatic hydroxyl groups excluding tert-OH is 11. The zero-order valence-corrected chi connectivity index (χ0v) is 23.7. The van der Waals surface area contributed by atoms with Crippen LogP contribution >= 0.6 is 0 Å². The predicted octanol–water partition coefficient (Wildman–Crippen LogP) is -8.48. The van der Waals surface area contributed by atoms with E-state index in [9.17, 15) is 55.2 Å². The molecule has 3 rings (SSSR count). The molecule has 0 unspecified atom stereocenters. The minimum atomic E-state index is -1.35. The molecule has 0 bridgehead atoms. The lowest BCUT2D eigenvalue weighted by atomic mass is 9.94. The number of hydrogen-bond donors (Lipinski definition) is 14. The van der Waals surface area contributed by atoms with Gasteiger partial charge in [-0.2, -0.15) is 0 Å². The third-order valence-electron chi connectivity index (χ3n) is 7.59. The lowest BCUT2D eigenvalue weighted by Gasteiger charge is -2.42. The summed E-state index contributed by atoms with van der Waals surface area (Å²) in [6, 6.07) is -2.27. The Labute approximate surface area is 251 Å². The summed E-state index contributed by atoms with van der Waals surface area (Å²) in [6.45, 7) is -1.76. The van der Waals surface area contributed by atoms with Gasteiger partial charge in [0.1, 0.15) is 24.4 Å². The fraction of sp³-hybridized carbons (Fsp3) is 0.875. The fourth-order valence-electron chi connectivity index (χ4n) is 5.14. The van der Waals surface area contributed by atoms with Crippen LogP contribution in [0.2, 0.25) is 0 Å². The molecule has 0 aromatic rings. The Kier molecular flexibility index (Phi) is 17.0. The third kappa shape index (κ3) is 11.3. The van der Waals surface area contributed by atoms with Crippen molar-refractivity contribution in [2.75, 3.05) is 59.1 Å². The zero-order chi connectivity index (χ0) is 33.9. The van der Waals surface area contributed by atoms with Gasteiger partial charge in [-0.05, 0) is 0 Å². The standard InChI is InChI=1S/C9H17NO6.C8H15NO6.C7H13NO5/c11-4-5-8(15)9(16)6(12)3-10(5)2-1-7(13)14;10-3-4-7(14)8(15)5(11)1-9(4)2-6(12)13;9-3-4-7(13)5(10)1-8(4)2-6(11)12/h5-6,8-9,11-12,15-16H,1-4H2,(H,13,14);4-5,7-8,10-11,14-15H,1-3H2,(H,12,13);4-5,7,9-10,13H,1-3H2,(H,11,12)/t5-,6+,8-,9-;4-,5+,7-,8-;4-,5-,7-/m111/s1. The summed E-state index contributed by atoms with van der Waals surface area (Å²) in [5.74, 6) is -3.16. The highest BCUT2D eigenvalue weighted by Gasteiger charge is 2.42. The van der Waals surface area contributed by atoms with E-state index in [4.69, 9.17) is 30.6 Å². The van der Waals surface area contributed by atoms with Crippen molar-refractivity contribution in [1.82, 2.24) is 14.7 Å². The number of carboxylic acid groups (broad SMARTS) is 3. The smallest absolute Gasteiger partial charge is 0.317 e. The molecule has 0 aliphatic carbocycles. The summed E-state index contributed by atoms with van der Waals surface area (Å²) < 4.78 is 0. The SMILES string of the molecule is O=C(O)CCN1C[C@H](O)[C@@H](O)[C@H](O)[C@H]1CO.O=C(O)CN1C[C@@H](O)[C@H](O)[C@H]1CO.O=C(O)CN1C[C@H](O)[C@@H](O)[C@H](O)[C@H]1CO. The molecule has 3 aliphatic heterocycles. The molecule has 3 aliphatic rings. The van der Waals surface area contributed by atoms with Gasteiger partial charge in [-0.25, -0.2) is 0 Å². The van der Waals surface area contributed by atoms with Crippen LogP contribution in [0.5, 0.6) is 0 Å². The van der Waals surface area contributed by atoms with Crippen LogP contribution in [0.3, 0.4) is 0 Å². The number of β-amino-alcohol motifs (C(OH)–C–C–N with tert-alkyl or cyclic N) is 3. The molecule has 14 N–H and O–H groups in total. The Bertz CT molecular complexity index is 902. The van der Waals surface area contributed by atoms with E-state index in [0.717, 1.165) is 0 Å². The van der Waals surface area contributed by atoms with Crippen molar-refractivity contribution in [2.45, 2.75) is 73.4 Å². The number of carbonyl (C=O) groups is 3. The summed E-state index contributed by atoms with van der Waals surface area (Å²) >= 11 is 0. The van der Waals surface area contributed by atoms with Crippen LogP contribution in [-0.4, -0.2) is 230 Å². The average molecular weight is 648 g/mol. The van der Waals surface area contributed by atoms with Crippen LogP contribution < -0.4 is 0 Å². The lowest BCUT2D eigenvalue weighted by Crippen LogP contribution is -2.63. The Morgan fingerprint density at radius 3 is 1.14 bits per heavy atom. The van der Waals surface area contributed by atoms with Crippen molar-refractivity contribution >= 4 is 17.9 Å². The molecule has 0 aromatic heterocycles. The molecule has 3 fully saturated rings. The minimum Gasteiger partial charge on any atom is -0.481 e. The quantitative estimate of drug-likeness (QED) is 0.105. The number of carboxylic acids is 3. The molecule has 3 saturated heterocycles. The molecule has 0 aromatic carbocycles. The molecule has 0 radical (unpaired) electrons. The van der Waals surface area contributed by atoms with E-state index in [-0.39, 0.29) is 45.8 Å². The van der Waals surface area contributed by atoms with E-state index in [1.54, 1.807) is 0 Å². The first-order valence-corrected chi connectivity index (χ1v) is 13.6. The van der Waals surface area contributed by atoms with Gasteiger partial charge in [0.2, 0.25) is 0 Å². The largest absolute Gasteiger partial charge is 0.481 e. The van der Waals surface area contributed by atoms with Gasteiger partial charge >= 0.3 is 17.9 Å². The van der Waals surface area contributed by atoms with E-state index >= 15 is 0 Å². The van der Waals surface area contributed by atoms with Crippen LogP contribution in [0.15, 0.2) is 0 Å². The molecule has 20 nitrogen and oxygen atoms in total. The van der Waals surface area contributed by atoms with Crippen molar-refractivity contribution in [3.05, 3.63) is 0 Å². The first kappa shape index (κ1) is 39.9. The molecule has 0 amide bonds. The van der Waals surface area contributed by atoms with Gasteiger partial charge in [-0.1, -0.05) is 0 Å². The van der Waals surface area contributed by atoms with Crippen LogP contribution in [0.25, 0.3) is 0 Å². The summed E-state index contributed by atoms with van der Waals surface area (Å²) in [6.07, 6.45) is -9.81. The van der Waals surface area contributed by atoms with Crippen LogP contribution in [0.1, 0.15) is 6.42 Å². The number of aliphatic carboxylic acids is 3. The molecule has 3 heterocycles. The van der Waals surface area contributed by atoms with Crippen molar-refractivity contribution in [3.63, 3.8) is 0 Å². The first-order valence-electron chi connectivity index (χ1n) is 13.6. The molecule has 20 heteroatoms. The van der Waals surface area contributed by atoms with Crippen molar-refractivity contribution < 1.29 is 85.9 Å². The van der Waals surface area contributed by atoms with E-state index in [1.807, 2.05) is 0 Å². The second-order valence-electron chi connectivity index (χ2n) is 10.7. The fourth-order valence-corrected chi connectivity index (χ4v) is 5.14. The Balaban J connectivity index is 0.000000332. The van der Waals surface area contributed by atoms with E-state index in [1.165, 1.54) is 14.7 Å². The van der Waals surface area contributed by atoms with E-state index < -0.39 is 105 Å². The zero-order valence-electron chi connectivity index (χ0n) is 23.7. The monoisotopic (exact) mass is 647 g/mol. The highest BCUT2D eigenvalue weighted by Crippen LogP contribution is 2.20. The summed E-state index contributed by atoms with van der Waals surface area (Å²) in [5.41, 5.74) is 0. The van der Waals surface area contributed by atoms with Gasteiger partial charge < -0.3 is 71.5 Å². The second kappa shape index (κ2) is 18.7. The Morgan fingerprint density at radius 1 is 0.477 bits per heavy atom. The summed E-state index contributed by atoms with van der Waals surface area (Å²) in [5, 5.41) is 127. The molecule has 258 valence electrons. The second-order valence-corrected chi connectivity index (χ2v) is 10.7. The number of aliphatic hydroxyl groups is 11. The number of hydrogen-bond acceptors (Lipinski definition) is 17. The Morgan fingerprint density at radius 2 is 0.795 bits per heavy atom. The minimum absolute atomic E-state index is 0.0384. The highest BCUT2D eigenvalue weighted by atomic mass is 16.4. The van der Waals surface area contributed by atoms with Gasteiger partial charge in [0.25, 0.3) is 0 Å². The van der Waals surface area contributed by atoms with Crippen molar-refractivity contribution in [3.8, 4) is 0 Å². The Hall–Kier alpha value is -2.15. The maximum atomic E-state index is 10.5. The normalized spacial score (nSPS) is 36.5. The number of nitrogens with zero attached hydrogens (tertiary/aromatic N) is 3. The maximum absolute atomic E-state index is 10.5. The lowest BCUT2D eigenvalue weighted by molar-refractivity contribution is -0.158. The topological polar surface area (TPSA) is 344 Å². The van der Waals surface area contributed by atoms with Gasteiger partial charge in [0.05, 0.1) is 81.9 Å². The van der Waals surface area contributed by atoms with E-state index in [2.05, 4.69) is 0 Å². The van der Waals surface area contributed by atoms with Crippen molar-refractivity contribution in [2.24, 2.45) is 0 Å². The molecule has 44 heavy (non-hydrogen) atoms. The first-order chi connectivity index (χ1) is 20.5. The van der Waals surface area contributed by atoms with Gasteiger partial charge in [-0.15, -0.1) is 0 Å². The van der Waals surface area contributed by atoms with Gasteiger partial charge in [0, 0.05) is 26.2 Å². The van der Waals surface area contributed by atoms with Crippen LogP contribution in [0, 0.1) is 0 Å². The molecular weight excluding hydrogens is 602 g/mol. The van der Waals surface area contributed by atoms with Gasteiger partial charge in [-0.3, -0.25) is 29.1 Å². The van der Waals surface area contributed by atoms with Gasteiger partial charge in [0.15, 0.2) is 0 Å². The number of likely N-dealkylation sites (tertiary alicyclic amines) is 3. The predicted molar refractivity (Wildman–Crippen MR) is 143 cm³/mol. The summed E-state index contributed by atoms with van der Waals surface area (Å²) in [7, 11) is 0. The summed E-state index contributed by atoms with van der Waals surface area (Å²) in [4.78, 5) is 35.3. The molecular formula is C24H45N3O17. The average Bonchev–Trinajstić information content (AvgIpc) is 3.20. The maximum Gasteiger partial charge on any atom is 0.317 e. The molecule has 0 spiro atoms. The number of piperidine rings is 2. The highest BCUT2D eigenvalue weighted by molar-refractivity contribution is 5.69. The van der Waals surface area contributed by atoms with Crippen LogP contribution in [0.4, 0.5) is 0 Å². The number of rotatable bonds is 10.